The molecule has 0 spiro atoms. The molecular formula is C17H19N3O2. The lowest BCUT2D eigenvalue weighted by Crippen LogP contribution is -2.48. The molecule has 0 radical (unpaired) electrons. The summed E-state index contributed by atoms with van der Waals surface area (Å²) >= 11 is 0. The molecule has 2 heterocycles. The van der Waals surface area contributed by atoms with Crippen LogP contribution in [-0.4, -0.2) is 35.6 Å². The number of rotatable bonds is 4. The monoisotopic (exact) mass is 297 g/mol. The maximum atomic E-state index is 12.8. The minimum Gasteiger partial charge on any atom is -0.386 e. The Kier molecular flexibility index (Phi) is 4.18. The van der Waals surface area contributed by atoms with Gasteiger partial charge in [0, 0.05) is 24.6 Å². The van der Waals surface area contributed by atoms with Crippen LogP contribution in [0.3, 0.4) is 0 Å². The van der Waals surface area contributed by atoms with E-state index in [9.17, 15) is 9.90 Å². The summed E-state index contributed by atoms with van der Waals surface area (Å²) in [6.07, 6.45) is 3.17. The van der Waals surface area contributed by atoms with Crippen molar-refractivity contribution in [1.82, 2.24) is 10.3 Å². The van der Waals surface area contributed by atoms with Gasteiger partial charge < -0.3 is 15.3 Å². The smallest absolute Gasteiger partial charge is 0.247 e. The third kappa shape index (κ3) is 2.61. The van der Waals surface area contributed by atoms with Gasteiger partial charge in [0.2, 0.25) is 5.91 Å². The van der Waals surface area contributed by atoms with Crippen molar-refractivity contribution >= 4 is 11.6 Å². The number of amides is 1. The van der Waals surface area contributed by atoms with Crippen LogP contribution in [0.15, 0.2) is 48.8 Å². The van der Waals surface area contributed by atoms with Crippen LogP contribution in [0.4, 0.5) is 5.69 Å². The predicted octanol–water partition coefficient (Wildman–Crippen LogP) is 1.29. The van der Waals surface area contributed by atoms with Crippen molar-refractivity contribution in [3.05, 3.63) is 59.9 Å². The number of benzene rings is 1. The number of carbonyl (C=O) groups is 1. The molecule has 2 N–H and O–H groups in total. The van der Waals surface area contributed by atoms with Crippen molar-refractivity contribution in [2.24, 2.45) is 0 Å². The van der Waals surface area contributed by atoms with Crippen LogP contribution in [0.25, 0.3) is 0 Å². The van der Waals surface area contributed by atoms with E-state index in [1.54, 1.807) is 36.5 Å². The van der Waals surface area contributed by atoms with Crippen LogP contribution in [0, 0.1) is 0 Å². The van der Waals surface area contributed by atoms with Gasteiger partial charge in [-0.05, 0) is 42.8 Å². The second-order valence-electron chi connectivity index (χ2n) is 5.36. The Hall–Kier alpha value is -2.24. The fourth-order valence-corrected chi connectivity index (χ4v) is 2.90. The number of aliphatic hydroxyl groups is 1. The van der Waals surface area contributed by atoms with Gasteiger partial charge in [-0.1, -0.05) is 18.2 Å². The molecule has 0 bridgehead atoms. The third-order valence-electron chi connectivity index (χ3n) is 4.09. The van der Waals surface area contributed by atoms with Crippen molar-refractivity contribution in [2.45, 2.75) is 18.6 Å². The van der Waals surface area contributed by atoms with Crippen LogP contribution in [-0.2, 0) is 11.2 Å². The number of nitrogens with one attached hydrogen (secondary N) is 1. The molecule has 1 aromatic heterocycles. The van der Waals surface area contributed by atoms with Crippen LogP contribution >= 0.6 is 0 Å². The largest absolute Gasteiger partial charge is 0.386 e. The number of anilines is 1. The second-order valence-corrected chi connectivity index (χ2v) is 5.36. The first-order valence-electron chi connectivity index (χ1n) is 7.37. The van der Waals surface area contributed by atoms with E-state index in [4.69, 9.17) is 0 Å². The number of fused-ring (bicyclic) bond motifs is 1. The number of likely N-dealkylation sites (N-methyl/N-ethyl adjacent to an activating group) is 1. The standard InChI is InChI=1S/C17H19N3O2/c1-18-15(16(21)13-6-9-19-10-7-13)17(22)20-11-8-12-4-2-3-5-14(12)20/h2-7,9-10,15-16,18,21H,8,11H2,1H3/t15-,16+/m1/s1. The molecule has 0 saturated heterocycles. The molecule has 0 saturated carbocycles. The Morgan fingerprint density at radius 3 is 2.73 bits per heavy atom. The van der Waals surface area contributed by atoms with Gasteiger partial charge >= 0.3 is 0 Å². The number of aromatic nitrogens is 1. The first-order chi connectivity index (χ1) is 10.7. The zero-order chi connectivity index (χ0) is 15.5. The lowest BCUT2D eigenvalue weighted by molar-refractivity contribution is -0.123. The summed E-state index contributed by atoms with van der Waals surface area (Å²) in [6.45, 7) is 0.652. The van der Waals surface area contributed by atoms with Gasteiger partial charge in [-0.2, -0.15) is 0 Å². The molecule has 22 heavy (non-hydrogen) atoms. The number of hydrogen-bond donors (Lipinski definition) is 2. The normalized spacial score (nSPS) is 16.2. The minimum absolute atomic E-state index is 0.114. The van der Waals surface area contributed by atoms with E-state index < -0.39 is 12.1 Å². The van der Waals surface area contributed by atoms with Crippen molar-refractivity contribution in [3.63, 3.8) is 0 Å². The van der Waals surface area contributed by atoms with Crippen molar-refractivity contribution < 1.29 is 9.90 Å². The highest BCUT2D eigenvalue weighted by Crippen LogP contribution is 2.29. The zero-order valence-electron chi connectivity index (χ0n) is 12.4. The summed E-state index contributed by atoms with van der Waals surface area (Å²) < 4.78 is 0. The van der Waals surface area contributed by atoms with Crippen molar-refractivity contribution in [1.29, 1.82) is 0 Å². The highest BCUT2D eigenvalue weighted by atomic mass is 16.3. The lowest BCUT2D eigenvalue weighted by Gasteiger charge is -2.27. The molecule has 0 aliphatic carbocycles. The Morgan fingerprint density at radius 1 is 1.27 bits per heavy atom. The first kappa shape index (κ1) is 14.7. The van der Waals surface area contributed by atoms with E-state index in [0.29, 0.717) is 12.1 Å². The van der Waals surface area contributed by atoms with E-state index >= 15 is 0 Å². The zero-order valence-corrected chi connectivity index (χ0v) is 12.4. The van der Waals surface area contributed by atoms with Gasteiger partial charge in [-0.15, -0.1) is 0 Å². The second kappa shape index (κ2) is 6.25. The van der Waals surface area contributed by atoms with Crippen LogP contribution in [0.2, 0.25) is 0 Å². The average Bonchev–Trinajstić information content (AvgIpc) is 3.00. The molecule has 3 rings (SSSR count). The van der Waals surface area contributed by atoms with E-state index in [0.717, 1.165) is 12.1 Å². The molecule has 5 nitrogen and oxygen atoms in total. The van der Waals surface area contributed by atoms with Crippen LogP contribution in [0.5, 0.6) is 0 Å². The Labute approximate surface area is 129 Å². The summed E-state index contributed by atoms with van der Waals surface area (Å²) in [5.74, 6) is -0.114. The van der Waals surface area contributed by atoms with E-state index in [2.05, 4.69) is 10.3 Å². The van der Waals surface area contributed by atoms with E-state index in [1.165, 1.54) is 5.56 Å². The summed E-state index contributed by atoms with van der Waals surface area (Å²) in [5.41, 5.74) is 2.79. The number of para-hydroxylation sites is 1. The highest BCUT2D eigenvalue weighted by molar-refractivity contribution is 5.99. The molecule has 1 amide bonds. The number of hydrogen-bond acceptors (Lipinski definition) is 4. The third-order valence-corrected chi connectivity index (χ3v) is 4.09. The predicted molar refractivity (Wildman–Crippen MR) is 84.5 cm³/mol. The minimum atomic E-state index is -0.909. The number of nitrogens with zero attached hydrogens (tertiary/aromatic N) is 2. The fourth-order valence-electron chi connectivity index (χ4n) is 2.90. The molecule has 1 aliphatic heterocycles. The maximum absolute atomic E-state index is 12.8. The number of pyridine rings is 1. The molecule has 5 heteroatoms. The lowest BCUT2D eigenvalue weighted by atomic mass is 10.0. The summed E-state index contributed by atoms with van der Waals surface area (Å²) in [6, 6.07) is 10.7. The molecule has 1 aromatic carbocycles. The summed E-state index contributed by atoms with van der Waals surface area (Å²) in [4.78, 5) is 18.5. The van der Waals surface area contributed by atoms with Gasteiger partial charge in [-0.3, -0.25) is 9.78 Å². The molecule has 0 unspecified atom stereocenters. The summed E-state index contributed by atoms with van der Waals surface area (Å²) in [7, 11) is 1.69. The van der Waals surface area contributed by atoms with Crippen LogP contribution in [0.1, 0.15) is 17.2 Å². The van der Waals surface area contributed by atoms with E-state index in [1.807, 2.05) is 24.3 Å². The fraction of sp³-hybridized carbons (Fsp3) is 0.294. The molecule has 2 atom stereocenters. The van der Waals surface area contributed by atoms with Gasteiger partial charge in [0.05, 0.1) is 0 Å². The molecule has 1 aliphatic rings. The SMILES string of the molecule is CN[C@@H](C(=O)N1CCc2ccccc21)[C@@H](O)c1ccncc1. The number of carbonyl (C=O) groups excluding carboxylic acids is 1. The Balaban J connectivity index is 1.84. The molecular weight excluding hydrogens is 278 g/mol. The van der Waals surface area contributed by atoms with Gasteiger partial charge in [0.25, 0.3) is 0 Å². The number of aliphatic hydroxyl groups excluding tert-OH is 1. The maximum Gasteiger partial charge on any atom is 0.247 e. The first-order valence-corrected chi connectivity index (χ1v) is 7.37. The summed E-state index contributed by atoms with van der Waals surface area (Å²) in [5, 5.41) is 13.5. The molecule has 0 fully saturated rings. The Morgan fingerprint density at radius 2 is 2.00 bits per heavy atom. The Bertz CT molecular complexity index is 660. The molecule has 114 valence electrons. The average molecular weight is 297 g/mol. The quantitative estimate of drug-likeness (QED) is 0.892. The van der Waals surface area contributed by atoms with E-state index in [-0.39, 0.29) is 5.91 Å². The van der Waals surface area contributed by atoms with Gasteiger partial charge in [-0.25, -0.2) is 0 Å². The van der Waals surface area contributed by atoms with Gasteiger partial charge in [0.1, 0.15) is 12.1 Å². The van der Waals surface area contributed by atoms with Crippen LogP contribution < -0.4 is 10.2 Å². The topological polar surface area (TPSA) is 65.5 Å². The highest BCUT2D eigenvalue weighted by Gasteiger charge is 2.33. The van der Waals surface area contributed by atoms with Crippen molar-refractivity contribution in [2.75, 3.05) is 18.5 Å². The van der Waals surface area contributed by atoms with Crippen molar-refractivity contribution in [3.8, 4) is 0 Å². The molecule has 2 aromatic rings. The van der Waals surface area contributed by atoms with Gasteiger partial charge in [0.15, 0.2) is 0 Å².